The summed E-state index contributed by atoms with van der Waals surface area (Å²) < 4.78 is 38.5. The highest BCUT2D eigenvalue weighted by atomic mass is 19.4. The topological polar surface area (TPSA) is 108 Å². The quantitative estimate of drug-likeness (QED) is 0.467. The number of aromatic carboxylic acids is 1. The van der Waals surface area contributed by atoms with E-state index in [2.05, 4.69) is 15.6 Å². The average Bonchev–Trinajstić information content (AvgIpc) is 2.78. The maximum absolute atomic E-state index is 12.8. The molecule has 0 aliphatic carbocycles. The fourth-order valence-electron chi connectivity index (χ4n) is 2.69. The summed E-state index contributed by atoms with van der Waals surface area (Å²) in [7, 11) is 0. The first-order chi connectivity index (χ1) is 15.6. The molecule has 3 rings (SSSR count). The van der Waals surface area contributed by atoms with Gasteiger partial charge in [-0.1, -0.05) is 18.2 Å². The molecule has 0 unspecified atom stereocenters. The van der Waals surface area contributed by atoms with Crippen molar-refractivity contribution >= 4 is 35.4 Å². The van der Waals surface area contributed by atoms with Gasteiger partial charge in [-0.15, -0.1) is 0 Å². The van der Waals surface area contributed by atoms with Crippen molar-refractivity contribution in [1.82, 2.24) is 4.98 Å². The number of pyridine rings is 1. The minimum Gasteiger partial charge on any atom is -0.478 e. The van der Waals surface area contributed by atoms with E-state index in [0.717, 1.165) is 18.3 Å². The number of halogens is 3. The molecule has 2 amide bonds. The SMILES string of the molecule is O=C(C=Cc1cccc(C(=O)Nc2cccc(C(F)(F)F)c2)c1)Nc1ccc(C(=O)O)cn1. The minimum absolute atomic E-state index is 0.00318. The second-order valence-electron chi connectivity index (χ2n) is 6.72. The van der Waals surface area contributed by atoms with Crippen molar-refractivity contribution in [2.24, 2.45) is 0 Å². The molecule has 10 heteroatoms. The van der Waals surface area contributed by atoms with E-state index < -0.39 is 29.5 Å². The van der Waals surface area contributed by atoms with Crippen LogP contribution < -0.4 is 10.6 Å². The van der Waals surface area contributed by atoms with Crippen LogP contribution in [0.15, 0.2) is 72.9 Å². The van der Waals surface area contributed by atoms with Crippen molar-refractivity contribution in [2.45, 2.75) is 6.18 Å². The molecule has 33 heavy (non-hydrogen) atoms. The van der Waals surface area contributed by atoms with Crippen LogP contribution in [0.4, 0.5) is 24.7 Å². The number of nitrogens with one attached hydrogen (secondary N) is 2. The Kier molecular flexibility index (Phi) is 6.87. The van der Waals surface area contributed by atoms with E-state index >= 15 is 0 Å². The standard InChI is InChI=1S/C23H16F3N3O4/c24-23(25,26)17-5-2-6-18(12-17)28-21(31)15-4-1-3-14(11-15)7-10-20(30)29-19-9-8-16(13-27-19)22(32)33/h1-13H,(H,28,31)(H,32,33)(H,27,29,30). The third-order valence-corrected chi connectivity index (χ3v) is 4.29. The summed E-state index contributed by atoms with van der Waals surface area (Å²) in [6.07, 6.45) is -0.799. The molecule has 1 aromatic heterocycles. The van der Waals surface area contributed by atoms with Gasteiger partial charge in [0.1, 0.15) is 5.82 Å². The fourth-order valence-corrected chi connectivity index (χ4v) is 2.69. The van der Waals surface area contributed by atoms with Crippen LogP contribution in [0.3, 0.4) is 0 Å². The van der Waals surface area contributed by atoms with Gasteiger partial charge in [0.25, 0.3) is 5.91 Å². The lowest BCUT2D eigenvalue weighted by molar-refractivity contribution is -0.137. The maximum Gasteiger partial charge on any atom is 0.416 e. The number of carbonyl (C=O) groups is 3. The van der Waals surface area contributed by atoms with E-state index in [-0.39, 0.29) is 22.6 Å². The molecule has 0 radical (unpaired) electrons. The number of hydrogen-bond acceptors (Lipinski definition) is 4. The van der Waals surface area contributed by atoms with Gasteiger partial charge in [0, 0.05) is 23.5 Å². The van der Waals surface area contributed by atoms with Gasteiger partial charge >= 0.3 is 12.1 Å². The summed E-state index contributed by atoms with van der Waals surface area (Å²) in [5.41, 5.74) is -0.229. The van der Waals surface area contributed by atoms with Gasteiger partial charge in [0.05, 0.1) is 11.1 Å². The van der Waals surface area contributed by atoms with Crippen LogP contribution in [-0.4, -0.2) is 27.9 Å². The van der Waals surface area contributed by atoms with Gasteiger partial charge in [-0.2, -0.15) is 13.2 Å². The monoisotopic (exact) mass is 455 g/mol. The number of nitrogens with zero attached hydrogens (tertiary/aromatic N) is 1. The summed E-state index contributed by atoms with van der Waals surface area (Å²) in [4.78, 5) is 39.1. The molecule has 168 valence electrons. The molecule has 2 aromatic carbocycles. The summed E-state index contributed by atoms with van der Waals surface area (Å²) in [5, 5.41) is 13.7. The second-order valence-corrected chi connectivity index (χ2v) is 6.72. The lowest BCUT2D eigenvalue weighted by atomic mass is 10.1. The predicted molar refractivity (Wildman–Crippen MR) is 115 cm³/mol. The van der Waals surface area contributed by atoms with Crippen LogP contribution in [0.1, 0.15) is 31.8 Å². The second kappa shape index (κ2) is 9.77. The molecule has 0 atom stereocenters. The summed E-state index contributed by atoms with van der Waals surface area (Å²) in [6.45, 7) is 0. The summed E-state index contributed by atoms with van der Waals surface area (Å²) >= 11 is 0. The summed E-state index contributed by atoms with van der Waals surface area (Å²) in [5.74, 6) is -2.14. The van der Waals surface area contributed by atoms with Crippen molar-refractivity contribution in [2.75, 3.05) is 10.6 Å². The van der Waals surface area contributed by atoms with E-state index in [4.69, 9.17) is 5.11 Å². The maximum atomic E-state index is 12.8. The number of aromatic nitrogens is 1. The molecule has 0 aliphatic rings. The lowest BCUT2D eigenvalue weighted by Crippen LogP contribution is -2.13. The molecular weight excluding hydrogens is 439 g/mol. The summed E-state index contributed by atoms with van der Waals surface area (Å²) in [6, 6.07) is 13.1. The van der Waals surface area contributed by atoms with E-state index in [0.29, 0.717) is 5.56 Å². The van der Waals surface area contributed by atoms with Gasteiger partial charge in [-0.3, -0.25) is 9.59 Å². The number of amides is 2. The van der Waals surface area contributed by atoms with Crippen molar-refractivity contribution in [3.63, 3.8) is 0 Å². The van der Waals surface area contributed by atoms with E-state index in [1.54, 1.807) is 12.1 Å². The molecule has 0 fully saturated rings. The smallest absolute Gasteiger partial charge is 0.416 e. The highest BCUT2D eigenvalue weighted by Gasteiger charge is 2.30. The molecule has 7 nitrogen and oxygen atoms in total. The molecule has 1 heterocycles. The van der Waals surface area contributed by atoms with Crippen LogP contribution in [0.25, 0.3) is 6.08 Å². The number of carbonyl (C=O) groups excluding carboxylic acids is 2. The number of carboxylic acid groups (broad SMARTS) is 1. The van der Waals surface area contributed by atoms with Gasteiger partial charge in [-0.05, 0) is 54.1 Å². The zero-order chi connectivity index (χ0) is 24.0. The van der Waals surface area contributed by atoms with Gasteiger partial charge < -0.3 is 15.7 Å². The number of carboxylic acids is 1. The average molecular weight is 455 g/mol. The third kappa shape index (κ3) is 6.50. The first-order valence-electron chi connectivity index (χ1n) is 9.39. The van der Waals surface area contributed by atoms with Crippen LogP contribution in [0.5, 0.6) is 0 Å². The highest BCUT2D eigenvalue weighted by Crippen LogP contribution is 2.30. The molecule has 0 aliphatic heterocycles. The number of anilines is 2. The Morgan fingerprint density at radius 1 is 0.909 bits per heavy atom. The van der Waals surface area contributed by atoms with Gasteiger partial charge in [0.15, 0.2) is 0 Å². The molecule has 0 saturated carbocycles. The molecule has 3 N–H and O–H groups in total. The van der Waals surface area contributed by atoms with E-state index in [9.17, 15) is 27.6 Å². The molecule has 0 saturated heterocycles. The Balaban J connectivity index is 1.65. The molecule has 0 spiro atoms. The van der Waals surface area contributed by atoms with Crippen molar-refractivity contribution in [3.05, 3.63) is 95.2 Å². The van der Waals surface area contributed by atoms with Crippen LogP contribution in [-0.2, 0) is 11.0 Å². The molecule has 3 aromatic rings. The minimum atomic E-state index is -4.53. The molecular formula is C23H16F3N3O4. The Morgan fingerprint density at radius 2 is 1.67 bits per heavy atom. The van der Waals surface area contributed by atoms with Crippen LogP contribution in [0, 0.1) is 0 Å². The number of alkyl halides is 3. The Labute approximate surface area is 185 Å². The van der Waals surface area contributed by atoms with E-state index in [1.165, 1.54) is 48.6 Å². The normalized spacial score (nSPS) is 11.2. The fraction of sp³-hybridized carbons (Fsp3) is 0.0435. The van der Waals surface area contributed by atoms with Crippen LogP contribution >= 0.6 is 0 Å². The van der Waals surface area contributed by atoms with Crippen molar-refractivity contribution in [3.8, 4) is 0 Å². The largest absolute Gasteiger partial charge is 0.478 e. The highest BCUT2D eigenvalue weighted by molar-refractivity contribution is 6.05. The predicted octanol–water partition coefficient (Wildman–Crippen LogP) is 4.70. The van der Waals surface area contributed by atoms with Crippen LogP contribution in [0.2, 0.25) is 0 Å². The van der Waals surface area contributed by atoms with Crippen molar-refractivity contribution in [1.29, 1.82) is 0 Å². The number of rotatable bonds is 6. The number of benzene rings is 2. The zero-order valence-corrected chi connectivity index (χ0v) is 16.8. The Bertz CT molecular complexity index is 1220. The first kappa shape index (κ1) is 23.2. The van der Waals surface area contributed by atoms with Gasteiger partial charge in [-0.25, -0.2) is 9.78 Å². The third-order valence-electron chi connectivity index (χ3n) is 4.29. The molecule has 0 bridgehead atoms. The lowest BCUT2D eigenvalue weighted by Gasteiger charge is -2.10. The van der Waals surface area contributed by atoms with Gasteiger partial charge in [0.2, 0.25) is 5.91 Å². The van der Waals surface area contributed by atoms with E-state index in [1.807, 2.05) is 0 Å². The Morgan fingerprint density at radius 3 is 2.33 bits per heavy atom. The van der Waals surface area contributed by atoms with Crippen molar-refractivity contribution < 1.29 is 32.7 Å². The Hall–Kier alpha value is -4.47. The first-order valence-corrected chi connectivity index (χ1v) is 9.39. The zero-order valence-electron chi connectivity index (χ0n) is 16.8. The number of hydrogen-bond donors (Lipinski definition) is 3.